The van der Waals surface area contributed by atoms with E-state index in [0.717, 1.165) is 11.8 Å². The molecule has 3 rings (SSSR count). The van der Waals surface area contributed by atoms with Crippen LogP contribution < -0.4 is 5.32 Å². The van der Waals surface area contributed by atoms with Gasteiger partial charge in [0, 0.05) is 24.9 Å². The van der Waals surface area contributed by atoms with Crippen LogP contribution in [-0.4, -0.2) is 18.1 Å². The van der Waals surface area contributed by atoms with E-state index in [0.29, 0.717) is 0 Å². The van der Waals surface area contributed by atoms with Gasteiger partial charge in [0.1, 0.15) is 0 Å². The van der Waals surface area contributed by atoms with Crippen molar-refractivity contribution in [2.24, 2.45) is 5.92 Å². The minimum absolute atomic E-state index is 0.781. The highest BCUT2D eigenvalue weighted by Gasteiger charge is 2.35. The SMILES string of the molecule is c1cc2c(cn1)CC1CNCC21. The molecule has 2 nitrogen and oxygen atoms in total. The van der Waals surface area contributed by atoms with E-state index in [1.807, 2.05) is 12.4 Å². The Morgan fingerprint density at radius 3 is 3.42 bits per heavy atom. The molecule has 0 bridgehead atoms. The number of nitrogens with zero attached hydrogens (tertiary/aromatic N) is 1. The summed E-state index contributed by atoms with van der Waals surface area (Å²) in [5.41, 5.74) is 3.02. The van der Waals surface area contributed by atoms with Crippen LogP contribution in [0.2, 0.25) is 0 Å². The molecule has 1 fully saturated rings. The lowest BCUT2D eigenvalue weighted by atomic mass is 9.97. The van der Waals surface area contributed by atoms with Crippen LogP contribution in [-0.2, 0) is 6.42 Å². The fourth-order valence-corrected chi connectivity index (χ4v) is 2.56. The van der Waals surface area contributed by atoms with Crippen molar-refractivity contribution in [1.29, 1.82) is 0 Å². The zero-order valence-electron chi connectivity index (χ0n) is 6.96. The molecule has 2 heterocycles. The van der Waals surface area contributed by atoms with Crippen molar-refractivity contribution in [1.82, 2.24) is 10.3 Å². The van der Waals surface area contributed by atoms with E-state index in [4.69, 9.17) is 0 Å². The third-order valence-corrected chi connectivity index (χ3v) is 3.16. The molecule has 1 saturated heterocycles. The molecule has 0 amide bonds. The van der Waals surface area contributed by atoms with E-state index in [2.05, 4.69) is 16.4 Å². The molecule has 1 N–H and O–H groups in total. The Balaban J connectivity index is 2.09. The van der Waals surface area contributed by atoms with Crippen LogP contribution in [0.4, 0.5) is 0 Å². The monoisotopic (exact) mass is 160 g/mol. The highest BCUT2D eigenvalue weighted by molar-refractivity contribution is 5.35. The minimum Gasteiger partial charge on any atom is -0.316 e. The topological polar surface area (TPSA) is 24.9 Å². The van der Waals surface area contributed by atoms with Crippen LogP contribution in [0.1, 0.15) is 17.0 Å². The molecule has 1 aromatic heterocycles. The zero-order chi connectivity index (χ0) is 7.97. The zero-order valence-corrected chi connectivity index (χ0v) is 6.96. The fraction of sp³-hybridized carbons (Fsp3) is 0.500. The highest BCUT2D eigenvalue weighted by Crippen LogP contribution is 2.39. The van der Waals surface area contributed by atoms with Gasteiger partial charge in [-0.2, -0.15) is 0 Å². The molecule has 1 aliphatic carbocycles. The number of hydrogen-bond acceptors (Lipinski definition) is 2. The Morgan fingerprint density at radius 1 is 1.42 bits per heavy atom. The van der Waals surface area contributed by atoms with Crippen LogP contribution in [0.15, 0.2) is 18.5 Å². The van der Waals surface area contributed by atoms with Gasteiger partial charge in [0.2, 0.25) is 0 Å². The van der Waals surface area contributed by atoms with E-state index < -0.39 is 0 Å². The second-order valence-corrected chi connectivity index (χ2v) is 3.80. The maximum absolute atomic E-state index is 4.16. The van der Waals surface area contributed by atoms with Crippen molar-refractivity contribution in [3.63, 3.8) is 0 Å². The Hall–Kier alpha value is -0.890. The maximum atomic E-state index is 4.16. The first kappa shape index (κ1) is 6.61. The molecule has 1 aliphatic heterocycles. The lowest BCUT2D eigenvalue weighted by molar-refractivity contribution is 0.564. The third-order valence-electron chi connectivity index (χ3n) is 3.16. The van der Waals surface area contributed by atoms with E-state index >= 15 is 0 Å². The van der Waals surface area contributed by atoms with Crippen LogP contribution in [0.25, 0.3) is 0 Å². The first-order valence-corrected chi connectivity index (χ1v) is 4.58. The largest absolute Gasteiger partial charge is 0.316 e. The summed E-state index contributed by atoms with van der Waals surface area (Å²) in [5.74, 6) is 1.63. The molecule has 12 heavy (non-hydrogen) atoms. The van der Waals surface area contributed by atoms with Crippen molar-refractivity contribution in [3.05, 3.63) is 29.6 Å². The van der Waals surface area contributed by atoms with Gasteiger partial charge >= 0.3 is 0 Å². The van der Waals surface area contributed by atoms with Gasteiger partial charge in [0.15, 0.2) is 0 Å². The Bertz CT molecular complexity index is 308. The predicted molar refractivity (Wildman–Crippen MR) is 47.0 cm³/mol. The van der Waals surface area contributed by atoms with Crippen molar-refractivity contribution < 1.29 is 0 Å². The van der Waals surface area contributed by atoms with Crippen LogP contribution in [0, 0.1) is 5.92 Å². The predicted octanol–water partition coefficient (Wildman–Crippen LogP) is 0.941. The summed E-state index contributed by atoms with van der Waals surface area (Å²) in [5, 5.41) is 3.44. The summed E-state index contributed by atoms with van der Waals surface area (Å²) in [6.07, 6.45) is 5.19. The smallest absolute Gasteiger partial charge is 0.0302 e. The lowest BCUT2D eigenvalue weighted by Crippen LogP contribution is -2.10. The first-order chi connectivity index (χ1) is 5.95. The molecular formula is C10H12N2. The summed E-state index contributed by atoms with van der Waals surface area (Å²) in [6, 6.07) is 2.19. The molecule has 2 unspecified atom stereocenters. The molecule has 2 atom stereocenters. The number of hydrogen-bond donors (Lipinski definition) is 1. The van der Waals surface area contributed by atoms with Gasteiger partial charge in [0.25, 0.3) is 0 Å². The molecule has 0 radical (unpaired) electrons. The van der Waals surface area contributed by atoms with Crippen LogP contribution in [0.5, 0.6) is 0 Å². The second-order valence-electron chi connectivity index (χ2n) is 3.80. The van der Waals surface area contributed by atoms with Crippen LogP contribution in [0.3, 0.4) is 0 Å². The Labute approximate surface area is 72.0 Å². The normalized spacial score (nSPS) is 31.7. The summed E-state index contributed by atoms with van der Waals surface area (Å²) in [6.45, 7) is 2.36. The molecule has 62 valence electrons. The number of pyridine rings is 1. The van der Waals surface area contributed by atoms with Crippen molar-refractivity contribution in [3.8, 4) is 0 Å². The molecule has 1 aromatic rings. The molecule has 0 saturated carbocycles. The lowest BCUT2D eigenvalue weighted by Gasteiger charge is -2.06. The van der Waals surface area contributed by atoms with E-state index in [1.165, 1.54) is 25.1 Å². The van der Waals surface area contributed by atoms with Gasteiger partial charge < -0.3 is 5.32 Å². The Kier molecular flexibility index (Phi) is 1.27. The van der Waals surface area contributed by atoms with E-state index in [9.17, 15) is 0 Å². The van der Waals surface area contributed by atoms with Gasteiger partial charge in [-0.05, 0) is 36.1 Å². The van der Waals surface area contributed by atoms with E-state index in [-0.39, 0.29) is 0 Å². The average molecular weight is 160 g/mol. The van der Waals surface area contributed by atoms with Crippen molar-refractivity contribution in [2.75, 3.05) is 13.1 Å². The number of fused-ring (bicyclic) bond motifs is 3. The van der Waals surface area contributed by atoms with Gasteiger partial charge in [-0.3, -0.25) is 4.98 Å². The quantitative estimate of drug-likeness (QED) is 0.611. The average Bonchev–Trinajstić information content (AvgIpc) is 2.62. The van der Waals surface area contributed by atoms with E-state index in [1.54, 1.807) is 5.56 Å². The highest BCUT2D eigenvalue weighted by atomic mass is 14.9. The number of rotatable bonds is 0. The maximum Gasteiger partial charge on any atom is 0.0302 e. The van der Waals surface area contributed by atoms with Gasteiger partial charge in [-0.15, -0.1) is 0 Å². The molecule has 2 aliphatic rings. The van der Waals surface area contributed by atoms with Crippen molar-refractivity contribution >= 4 is 0 Å². The molecule has 2 heteroatoms. The summed E-state index contributed by atoms with van der Waals surface area (Å²) in [7, 11) is 0. The Morgan fingerprint density at radius 2 is 2.42 bits per heavy atom. The molecular weight excluding hydrogens is 148 g/mol. The minimum atomic E-state index is 0.781. The standard InChI is InChI=1S/C10H12N2/c1-2-11-4-7-3-8-5-12-6-10(8)9(1)7/h1-2,4,8,10,12H,3,5-6H2. The third kappa shape index (κ3) is 0.758. The molecule has 0 aromatic carbocycles. The number of nitrogens with one attached hydrogen (secondary N) is 1. The van der Waals surface area contributed by atoms with Gasteiger partial charge in [-0.1, -0.05) is 0 Å². The summed E-state index contributed by atoms with van der Waals surface area (Å²) < 4.78 is 0. The summed E-state index contributed by atoms with van der Waals surface area (Å²) >= 11 is 0. The summed E-state index contributed by atoms with van der Waals surface area (Å²) in [4.78, 5) is 4.16. The fourth-order valence-electron chi connectivity index (χ4n) is 2.56. The molecule has 0 spiro atoms. The van der Waals surface area contributed by atoms with Crippen molar-refractivity contribution in [2.45, 2.75) is 12.3 Å². The number of aromatic nitrogens is 1. The van der Waals surface area contributed by atoms with Gasteiger partial charge in [-0.25, -0.2) is 0 Å². The second kappa shape index (κ2) is 2.30. The van der Waals surface area contributed by atoms with Crippen LogP contribution >= 0.6 is 0 Å². The first-order valence-electron chi connectivity index (χ1n) is 4.58. The van der Waals surface area contributed by atoms with Gasteiger partial charge in [0.05, 0.1) is 0 Å².